The summed E-state index contributed by atoms with van der Waals surface area (Å²) in [4.78, 5) is 18.0. The number of nitrogens with one attached hydrogen (secondary N) is 1. The molecule has 2 atom stereocenters. The van der Waals surface area contributed by atoms with Gasteiger partial charge in [0.15, 0.2) is 0 Å². The van der Waals surface area contributed by atoms with E-state index in [1.54, 1.807) is 31.3 Å². The number of hydrogen-bond donors (Lipinski definition) is 1. The van der Waals surface area contributed by atoms with E-state index in [4.69, 9.17) is 10.2 Å². The summed E-state index contributed by atoms with van der Waals surface area (Å²) in [5.74, 6) is 0.520. The van der Waals surface area contributed by atoms with Gasteiger partial charge in [0.1, 0.15) is 10.6 Å². The Morgan fingerprint density at radius 1 is 1.23 bits per heavy atom. The molecule has 1 aromatic heterocycles. The SMILES string of the molecule is Cc1cc(C(C)N[S+]([O-])C(C)(C)C)c2nc(-c3ccc(C#N)cc3)n(C)c(=O)c2c1. The molecule has 0 saturated carbocycles. The molecular weight excluding hydrogens is 396 g/mol. The Morgan fingerprint density at radius 3 is 2.43 bits per heavy atom. The molecular formula is C23H26N4O2S. The van der Waals surface area contributed by atoms with Crippen LogP contribution in [0.5, 0.6) is 0 Å². The highest BCUT2D eigenvalue weighted by Gasteiger charge is 2.29. The lowest BCUT2D eigenvalue weighted by Gasteiger charge is -2.27. The standard InChI is InChI=1S/C23H26N4O2S/c1-14-11-18(15(2)26-30(29)23(3,4)5)20-19(12-14)22(28)27(6)21(25-20)17-9-7-16(13-24)8-10-17/h7-12,15,26H,1-6H3. The minimum atomic E-state index is -1.26. The highest BCUT2D eigenvalue weighted by atomic mass is 32.2. The van der Waals surface area contributed by atoms with Crippen LogP contribution in [0.15, 0.2) is 41.2 Å². The van der Waals surface area contributed by atoms with Crippen LogP contribution in [-0.4, -0.2) is 18.9 Å². The quantitative estimate of drug-likeness (QED) is 0.644. The third-order valence-corrected chi connectivity index (χ3v) is 6.61. The first-order valence-electron chi connectivity index (χ1n) is 9.73. The van der Waals surface area contributed by atoms with Gasteiger partial charge in [-0.25, -0.2) is 4.98 Å². The number of nitriles is 1. The second kappa shape index (κ2) is 8.23. The third-order valence-electron chi connectivity index (χ3n) is 4.93. The molecule has 3 rings (SSSR count). The van der Waals surface area contributed by atoms with Crippen molar-refractivity contribution in [3.05, 3.63) is 63.4 Å². The molecule has 7 heteroatoms. The number of aryl methyl sites for hydroxylation is 1. The van der Waals surface area contributed by atoms with E-state index in [9.17, 15) is 9.35 Å². The van der Waals surface area contributed by atoms with Crippen molar-refractivity contribution < 1.29 is 4.55 Å². The van der Waals surface area contributed by atoms with E-state index >= 15 is 0 Å². The van der Waals surface area contributed by atoms with Crippen molar-refractivity contribution in [3.8, 4) is 17.5 Å². The fourth-order valence-corrected chi connectivity index (χ4v) is 4.04. The average molecular weight is 423 g/mol. The van der Waals surface area contributed by atoms with Crippen molar-refractivity contribution in [2.45, 2.75) is 45.4 Å². The summed E-state index contributed by atoms with van der Waals surface area (Å²) in [6, 6.07) is 12.6. The van der Waals surface area contributed by atoms with Gasteiger partial charge in [-0.2, -0.15) is 5.26 Å². The van der Waals surface area contributed by atoms with Crippen LogP contribution in [0.1, 0.15) is 50.4 Å². The molecule has 0 radical (unpaired) electrons. The van der Waals surface area contributed by atoms with Crippen LogP contribution in [0.2, 0.25) is 0 Å². The van der Waals surface area contributed by atoms with Crippen molar-refractivity contribution in [2.24, 2.45) is 7.05 Å². The summed E-state index contributed by atoms with van der Waals surface area (Å²) in [5.41, 5.74) is 3.51. The Morgan fingerprint density at radius 2 is 1.87 bits per heavy atom. The monoisotopic (exact) mass is 422 g/mol. The van der Waals surface area contributed by atoms with E-state index in [-0.39, 0.29) is 11.6 Å². The van der Waals surface area contributed by atoms with Gasteiger partial charge in [-0.1, -0.05) is 6.07 Å². The van der Waals surface area contributed by atoms with Gasteiger partial charge in [0.05, 0.1) is 28.6 Å². The molecule has 2 aromatic carbocycles. The molecule has 0 amide bonds. The molecule has 30 heavy (non-hydrogen) atoms. The third kappa shape index (κ3) is 4.26. The Balaban J connectivity index is 2.20. The summed E-state index contributed by atoms with van der Waals surface area (Å²) in [6.07, 6.45) is 0. The summed E-state index contributed by atoms with van der Waals surface area (Å²) < 4.78 is 16.9. The highest BCUT2D eigenvalue weighted by molar-refractivity contribution is 7.90. The van der Waals surface area contributed by atoms with E-state index in [1.807, 2.05) is 46.8 Å². The predicted molar refractivity (Wildman–Crippen MR) is 121 cm³/mol. The van der Waals surface area contributed by atoms with Gasteiger partial charge in [-0.15, -0.1) is 4.72 Å². The van der Waals surface area contributed by atoms with Gasteiger partial charge in [0.2, 0.25) is 0 Å². The zero-order valence-electron chi connectivity index (χ0n) is 18.1. The summed E-state index contributed by atoms with van der Waals surface area (Å²) >= 11 is -1.26. The van der Waals surface area contributed by atoms with Crippen molar-refractivity contribution >= 4 is 22.3 Å². The van der Waals surface area contributed by atoms with Gasteiger partial charge >= 0.3 is 0 Å². The Kier molecular flexibility index (Phi) is 6.04. The highest BCUT2D eigenvalue weighted by Crippen LogP contribution is 2.27. The minimum Gasteiger partial charge on any atom is -0.598 e. The summed E-state index contributed by atoms with van der Waals surface area (Å²) in [7, 11) is 1.70. The lowest BCUT2D eigenvalue weighted by atomic mass is 10.0. The number of hydrogen-bond acceptors (Lipinski definition) is 5. The number of aromatic nitrogens is 2. The molecule has 6 nitrogen and oxygen atoms in total. The fourth-order valence-electron chi connectivity index (χ4n) is 3.24. The van der Waals surface area contributed by atoms with E-state index < -0.39 is 16.1 Å². The molecule has 1 N–H and O–H groups in total. The van der Waals surface area contributed by atoms with E-state index in [0.717, 1.165) is 16.7 Å². The lowest BCUT2D eigenvalue weighted by molar-refractivity contribution is 0.531. The van der Waals surface area contributed by atoms with E-state index in [1.165, 1.54) is 4.57 Å². The van der Waals surface area contributed by atoms with Crippen molar-refractivity contribution in [1.29, 1.82) is 5.26 Å². The maximum absolute atomic E-state index is 13.1. The van der Waals surface area contributed by atoms with Crippen molar-refractivity contribution in [2.75, 3.05) is 0 Å². The number of fused-ring (bicyclic) bond motifs is 1. The molecule has 0 saturated heterocycles. The van der Waals surface area contributed by atoms with Crippen LogP contribution in [0, 0.1) is 18.3 Å². The molecule has 3 aromatic rings. The predicted octanol–water partition coefficient (Wildman–Crippen LogP) is 3.89. The van der Waals surface area contributed by atoms with Crippen LogP contribution < -0.4 is 10.3 Å². The molecule has 0 bridgehead atoms. The van der Waals surface area contributed by atoms with Crippen LogP contribution >= 0.6 is 0 Å². The van der Waals surface area contributed by atoms with Gasteiger partial charge < -0.3 is 4.55 Å². The molecule has 0 aliphatic rings. The molecule has 0 fully saturated rings. The average Bonchev–Trinajstić information content (AvgIpc) is 2.69. The first-order chi connectivity index (χ1) is 14.0. The Labute approximate surface area is 179 Å². The fraction of sp³-hybridized carbons (Fsp3) is 0.348. The van der Waals surface area contributed by atoms with Gasteiger partial charge in [0.25, 0.3) is 5.56 Å². The van der Waals surface area contributed by atoms with Crippen molar-refractivity contribution in [1.82, 2.24) is 14.3 Å². The Bertz CT molecular complexity index is 1190. The molecule has 0 aliphatic heterocycles. The van der Waals surface area contributed by atoms with Gasteiger partial charge in [0, 0.05) is 29.5 Å². The van der Waals surface area contributed by atoms with Gasteiger partial charge in [-0.05, 0) is 70.5 Å². The molecule has 0 spiro atoms. The van der Waals surface area contributed by atoms with Gasteiger partial charge in [-0.3, -0.25) is 9.36 Å². The topological polar surface area (TPSA) is 93.8 Å². The minimum absolute atomic E-state index is 0.145. The van der Waals surface area contributed by atoms with Crippen LogP contribution in [0.3, 0.4) is 0 Å². The van der Waals surface area contributed by atoms with Crippen LogP contribution in [0.25, 0.3) is 22.3 Å². The zero-order valence-corrected chi connectivity index (χ0v) is 18.9. The second-order valence-electron chi connectivity index (χ2n) is 8.46. The largest absolute Gasteiger partial charge is 0.598 e. The summed E-state index contributed by atoms with van der Waals surface area (Å²) in [5, 5.41) is 9.57. The Hall–Kier alpha value is -2.66. The molecule has 2 unspecified atom stereocenters. The van der Waals surface area contributed by atoms with Crippen LogP contribution in [-0.2, 0) is 18.4 Å². The van der Waals surface area contributed by atoms with E-state index in [2.05, 4.69) is 10.8 Å². The first kappa shape index (κ1) is 22.0. The summed E-state index contributed by atoms with van der Waals surface area (Å²) in [6.45, 7) is 9.60. The molecule has 0 aliphatic carbocycles. The smallest absolute Gasteiger partial charge is 0.261 e. The zero-order chi connectivity index (χ0) is 22.2. The maximum Gasteiger partial charge on any atom is 0.261 e. The van der Waals surface area contributed by atoms with Crippen LogP contribution in [0.4, 0.5) is 0 Å². The maximum atomic E-state index is 13.1. The number of nitrogens with zero attached hydrogens (tertiary/aromatic N) is 3. The van der Waals surface area contributed by atoms with Crippen molar-refractivity contribution in [3.63, 3.8) is 0 Å². The number of benzene rings is 2. The normalized spacial score (nSPS) is 13.8. The number of rotatable bonds is 4. The molecule has 1 heterocycles. The second-order valence-corrected chi connectivity index (χ2v) is 10.5. The first-order valence-corrected chi connectivity index (χ1v) is 10.9. The lowest BCUT2D eigenvalue weighted by Crippen LogP contribution is -2.40. The molecule has 156 valence electrons. The van der Waals surface area contributed by atoms with E-state index in [0.29, 0.717) is 22.3 Å².